The normalized spacial score (nSPS) is 27.8. The van der Waals surface area contributed by atoms with Crippen LogP contribution in [-0.4, -0.2) is 41.4 Å². The molecule has 2 rings (SSSR count). The lowest BCUT2D eigenvalue weighted by Crippen LogP contribution is -2.54. The topological polar surface area (TPSA) is 75.4 Å². The fourth-order valence-corrected chi connectivity index (χ4v) is 1.96. The lowest BCUT2D eigenvalue weighted by Gasteiger charge is -2.34. The Hall–Kier alpha value is -1.10. The van der Waals surface area contributed by atoms with Gasteiger partial charge in [-0.1, -0.05) is 0 Å². The third kappa shape index (κ3) is 2.52. The molecule has 90 valence electrons. The Labute approximate surface area is 95.3 Å². The molecule has 0 aromatic rings. The zero-order valence-corrected chi connectivity index (χ0v) is 9.61. The van der Waals surface area contributed by atoms with Gasteiger partial charge in [-0.05, 0) is 26.2 Å². The molecule has 1 aliphatic carbocycles. The predicted octanol–water partition coefficient (Wildman–Crippen LogP) is -0.397. The third-order valence-corrected chi connectivity index (χ3v) is 3.25. The second-order valence-electron chi connectivity index (χ2n) is 4.80. The number of amides is 2. The van der Waals surface area contributed by atoms with Crippen molar-refractivity contribution < 1.29 is 9.59 Å². The smallest absolute Gasteiger partial charge is 0.242 e. The van der Waals surface area contributed by atoms with Gasteiger partial charge >= 0.3 is 0 Å². The van der Waals surface area contributed by atoms with Gasteiger partial charge in [-0.15, -0.1) is 0 Å². The summed E-state index contributed by atoms with van der Waals surface area (Å²) in [6.45, 7) is 2.27. The van der Waals surface area contributed by atoms with Crippen LogP contribution in [0, 0.1) is 0 Å². The molecule has 1 saturated heterocycles. The highest BCUT2D eigenvalue weighted by molar-refractivity contribution is 5.88. The number of nitrogens with zero attached hydrogens (tertiary/aromatic N) is 1. The maximum absolute atomic E-state index is 11.8. The van der Waals surface area contributed by atoms with Gasteiger partial charge in [0.2, 0.25) is 11.8 Å². The quantitative estimate of drug-likeness (QED) is 0.686. The van der Waals surface area contributed by atoms with E-state index in [2.05, 4.69) is 5.32 Å². The van der Waals surface area contributed by atoms with Crippen molar-refractivity contribution in [3.05, 3.63) is 0 Å². The average molecular weight is 225 g/mol. The molecule has 1 aliphatic heterocycles. The molecule has 2 fully saturated rings. The lowest BCUT2D eigenvalue weighted by molar-refractivity contribution is -0.142. The Bertz CT molecular complexity index is 302. The molecule has 0 radical (unpaired) electrons. The van der Waals surface area contributed by atoms with Gasteiger partial charge in [-0.25, -0.2) is 0 Å². The van der Waals surface area contributed by atoms with E-state index >= 15 is 0 Å². The summed E-state index contributed by atoms with van der Waals surface area (Å²) in [5.74, 6) is -0.00917. The van der Waals surface area contributed by atoms with Gasteiger partial charge in [0.1, 0.15) is 6.04 Å². The monoisotopic (exact) mass is 225 g/mol. The fraction of sp³-hybridized carbons (Fsp3) is 0.818. The molecular weight excluding hydrogens is 206 g/mol. The molecule has 2 unspecified atom stereocenters. The van der Waals surface area contributed by atoms with Crippen LogP contribution >= 0.6 is 0 Å². The van der Waals surface area contributed by atoms with Gasteiger partial charge in [0.05, 0.1) is 0 Å². The van der Waals surface area contributed by atoms with E-state index in [1.54, 1.807) is 11.8 Å². The minimum atomic E-state index is -0.389. The van der Waals surface area contributed by atoms with Gasteiger partial charge in [0.25, 0.3) is 0 Å². The first-order valence-electron chi connectivity index (χ1n) is 5.93. The average Bonchev–Trinajstić information content (AvgIpc) is 3.04. The predicted molar refractivity (Wildman–Crippen MR) is 59.5 cm³/mol. The second kappa shape index (κ2) is 4.41. The van der Waals surface area contributed by atoms with E-state index in [4.69, 9.17) is 5.73 Å². The van der Waals surface area contributed by atoms with Crippen molar-refractivity contribution in [2.24, 2.45) is 5.73 Å². The van der Waals surface area contributed by atoms with Gasteiger partial charge < -0.3 is 16.0 Å². The third-order valence-electron chi connectivity index (χ3n) is 3.25. The Morgan fingerprint density at radius 2 is 2.19 bits per heavy atom. The van der Waals surface area contributed by atoms with Gasteiger partial charge in [0, 0.05) is 25.0 Å². The van der Waals surface area contributed by atoms with Crippen LogP contribution in [0.2, 0.25) is 0 Å². The number of carbonyl (C=O) groups excluding carboxylic acids is 2. The van der Waals surface area contributed by atoms with Crippen LogP contribution in [0.15, 0.2) is 0 Å². The number of rotatable bonds is 3. The Morgan fingerprint density at radius 1 is 1.50 bits per heavy atom. The van der Waals surface area contributed by atoms with Crippen molar-refractivity contribution in [3.63, 3.8) is 0 Å². The first-order valence-corrected chi connectivity index (χ1v) is 5.93. The molecule has 0 aromatic carbocycles. The van der Waals surface area contributed by atoms with E-state index in [1.807, 2.05) is 0 Å². The summed E-state index contributed by atoms with van der Waals surface area (Å²) in [6, 6.07) is -0.0446. The maximum Gasteiger partial charge on any atom is 0.242 e. The highest BCUT2D eigenvalue weighted by Crippen LogP contribution is 2.20. The molecule has 1 saturated carbocycles. The lowest BCUT2D eigenvalue weighted by atomic mass is 10.0. The highest BCUT2D eigenvalue weighted by atomic mass is 16.2. The SMILES string of the molecule is CC(C(=O)NC1CC1)N1CC(N)CCC1=O. The number of piperidine rings is 1. The van der Waals surface area contributed by atoms with Crippen LogP contribution in [0.1, 0.15) is 32.6 Å². The highest BCUT2D eigenvalue weighted by Gasteiger charge is 2.33. The number of nitrogens with two attached hydrogens (primary N) is 1. The van der Waals surface area contributed by atoms with E-state index in [-0.39, 0.29) is 23.9 Å². The van der Waals surface area contributed by atoms with E-state index in [1.165, 1.54) is 0 Å². The largest absolute Gasteiger partial charge is 0.352 e. The van der Waals surface area contributed by atoms with Gasteiger partial charge in [-0.3, -0.25) is 9.59 Å². The molecule has 0 aromatic heterocycles. The number of likely N-dealkylation sites (tertiary alicyclic amines) is 1. The van der Waals surface area contributed by atoms with Crippen molar-refractivity contribution in [3.8, 4) is 0 Å². The van der Waals surface area contributed by atoms with E-state index in [0.717, 1.165) is 19.3 Å². The molecule has 2 aliphatic rings. The van der Waals surface area contributed by atoms with Crippen LogP contribution in [0.4, 0.5) is 0 Å². The van der Waals surface area contributed by atoms with Crippen LogP contribution in [0.3, 0.4) is 0 Å². The van der Waals surface area contributed by atoms with Crippen molar-refractivity contribution >= 4 is 11.8 Å². The fourth-order valence-electron chi connectivity index (χ4n) is 1.96. The Morgan fingerprint density at radius 3 is 2.81 bits per heavy atom. The first kappa shape index (κ1) is 11.4. The number of nitrogens with one attached hydrogen (secondary N) is 1. The molecule has 3 N–H and O–H groups in total. The number of hydrogen-bond acceptors (Lipinski definition) is 3. The molecule has 1 heterocycles. The van der Waals surface area contributed by atoms with E-state index in [0.29, 0.717) is 19.0 Å². The molecule has 2 atom stereocenters. The zero-order chi connectivity index (χ0) is 11.7. The summed E-state index contributed by atoms with van der Waals surface area (Å²) in [6.07, 6.45) is 3.31. The number of carbonyl (C=O) groups is 2. The van der Waals surface area contributed by atoms with E-state index in [9.17, 15) is 9.59 Å². The molecule has 5 heteroatoms. The summed E-state index contributed by atoms with van der Waals surface area (Å²) < 4.78 is 0. The summed E-state index contributed by atoms with van der Waals surface area (Å²) in [5, 5.41) is 2.91. The zero-order valence-electron chi connectivity index (χ0n) is 9.61. The van der Waals surface area contributed by atoms with E-state index < -0.39 is 0 Å². The molecule has 2 amide bonds. The molecule has 0 bridgehead atoms. The molecule has 5 nitrogen and oxygen atoms in total. The minimum absolute atomic E-state index is 0.00822. The summed E-state index contributed by atoms with van der Waals surface area (Å²) in [5.41, 5.74) is 5.81. The molecule has 0 spiro atoms. The Balaban J connectivity index is 1.92. The van der Waals surface area contributed by atoms with Crippen molar-refractivity contribution in [2.45, 2.75) is 50.7 Å². The van der Waals surface area contributed by atoms with Crippen LogP contribution in [0.25, 0.3) is 0 Å². The summed E-state index contributed by atoms with van der Waals surface area (Å²) in [4.78, 5) is 25.1. The second-order valence-corrected chi connectivity index (χ2v) is 4.80. The summed E-state index contributed by atoms with van der Waals surface area (Å²) in [7, 11) is 0. The van der Waals surface area contributed by atoms with Crippen molar-refractivity contribution in [1.29, 1.82) is 0 Å². The molecule has 16 heavy (non-hydrogen) atoms. The van der Waals surface area contributed by atoms with Crippen molar-refractivity contribution in [1.82, 2.24) is 10.2 Å². The number of hydrogen-bond donors (Lipinski definition) is 2. The van der Waals surface area contributed by atoms with Crippen molar-refractivity contribution in [2.75, 3.05) is 6.54 Å². The van der Waals surface area contributed by atoms with Crippen LogP contribution in [-0.2, 0) is 9.59 Å². The summed E-state index contributed by atoms with van der Waals surface area (Å²) >= 11 is 0. The Kier molecular flexibility index (Phi) is 3.14. The van der Waals surface area contributed by atoms with Gasteiger partial charge in [0.15, 0.2) is 0 Å². The van der Waals surface area contributed by atoms with Gasteiger partial charge in [-0.2, -0.15) is 0 Å². The standard InChI is InChI=1S/C11H19N3O2/c1-7(11(16)13-9-3-4-9)14-6-8(12)2-5-10(14)15/h7-9H,2-6,12H2,1H3,(H,13,16). The maximum atomic E-state index is 11.8. The first-order chi connectivity index (χ1) is 7.58. The van der Waals surface area contributed by atoms with Crippen LogP contribution in [0.5, 0.6) is 0 Å². The minimum Gasteiger partial charge on any atom is -0.352 e. The van der Waals surface area contributed by atoms with Crippen LogP contribution < -0.4 is 11.1 Å². The molecular formula is C11H19N3O2.